The number of carbonyl (C=O) groups is 1. The Labute approximate surface area is 131 Å². The molecule has 1 aromatic carbocycles. The van der Waals surface area contributed by atoms with Gasteiger partial charge in [-0.15, -0.1) is 0 Å². The Morgan fingerprint density at radius 1 is 1.27 bits per heavy atom. The molecular formula is C19H24O3. The summed E-state index contributed by atoms with van der Waals surface area (Å²) in [4.78, 5) is 12.8. The third-order valence-corrected chi connectivity index (χ3v) is 6.36. The second-order valence-electron chi connectivity index (χ2n) is 7.43. The summed E-state index contributed by atoms with van der Waals surface area (Å²) in [6.07, 6.45) is 5.29. The number of rotatable bonds is 2. The van der Waals surface area contributed by atoms with Gasteiger partial charge in [-0.3, -0.25) is 4.79 Å². The zero-order valence-corrected chi connectivity index (χ0v) is 13.1. The SMILES string of the molecule is CCC1[C@@H]2CCc3cc(O)ccc3C2CC(=O)C1(O)C1CC1. The molecule has 3 aliphatic rings. The first kappa shape index (κ1) is 14.3. The van der Waals surface area contributed by atoms with Crippen LogP contribution in [-0.2, 0) is 11.2 Å². The van der Waals surface area contributed by atoms with Gasteiger partial charge in [0.15, 0.2) is 5.78 Å². The lowest BCUT2D eigenvalue weighted by molar-refractivity contribution is -0.159. The van der Waals surface area contributed by atoms with Gasteiger partial charge >= 0.3 is 0 Å². The number of carbonyl (C=O) groups excluding carboxylic acids is 1. The highest BCUT2D eigenvalue weighted by Gasteiger charge is 2.60. The molecule has 118 valence electrons. The molecule has 0 saturated heterocycles. The summed E-state index contributed by atoms with van der Waals surface area (Å²) >= 11 is 0. The van der Waals surface area contributed by atoms with E-state index in [0.29, 0.717) is 18.1 Å². The Bertz CT molecular complexity index is 619. The van der Waals surface area contributed by atoms with Crippen LogP contribution in [0.1, 0.15) is 56.1 Å². The summed E-state index contributed by atoms with van der Waals surface area (Å²) in [6.45, 7) is 2.11. The maximum Gasteiger partial charge on any atom is 0.165 e. The lowest BCUT2D eigenvalue weighted by atomic mass is 9.56. The van der Waals surface area contributed by atoms with Gasteiger partial charge in [0, 0.05) is 6.42 Å². The van der Waals surface area contributed by atoms with Crippen molar-refractivity contribution in [3.8, 4) is 5.75 Å². The Morgan fingerprint density at radius 2 is 2.05 bits per heavy atom. The summed E-state index contributed by atoms with van der Waals surface area (Å²) in [6, 6.07) is 5.57. The number of aryl methyl sites for hydroxylation is 1. The molecule has 0 heterocycles. The zero-order chi connectivity index (χ0) is 15.5. The van der Waals surface area contributed by atoms with Crippen LogP contribution in [0.3, 0.4) is 0 Å². The number of ketones is 1. The number of aromatic hydroxyl groups is 1. The number of aliphatic hydroxyl groups is 1. The average molecular weight is 300 g/mol. The van der Waals surface area contributed by atoms with Crippen LogP contribution >= 0.6 is 0 Å². The van der Waals surface area contributed by atoms with E-state index in [1.54, 1.807) is 6.07 Å². The van der Waals surface area contributed by atoms with Gasteiger partial charge in [0.2, 0.25) is 0 Å². The molecule has 22 heavy (non-hydrogen) atoms. The van der Waals surface area contributed by atoms with E-state index in [-0.39, 0.29) is 23.5 Å². The number of hydrogen-bond acceptors (Lipinski definition) is 3. The quantitative estimate of drug-likeness (QED) is 0.882. The molecule has 3 nitrogen and oxygen atoms in total. The molecular weight excluding hydrogens is 276 g/mol. The second-order valence-corrected chi connectivity index (χ2v) is 7.43. The van der Waals surface area contributed by atoms with E-state index in [1.807, 2.05) is 12.1 Å². The predicted octanol–water partition coefficient (Wildman–Crippen LogP) is 3.18. The first-order valence-corrected chi connectivity index (χ1v) is 8.63. The van der Waals surface area contributed by atoms with Crippen LogP contribution in [0.25, 0.3) is 0 Å². The number of benzene rings is 1. The third-order valence-electron chi connectivity index (χ3n) is 6.36. The van der Waals surface area contributed by atoms with Gasteiger partial charge in [-0.1, -0.05) is 13.0 Å². The molecule has 0 radical (unpaired) electrons. The molecule has 4 atom stereocenters. The highest BCUT2D eigenvalue weighted by molar-refractivity contribution is 5.90. The normalized spacial score (nSPS) is 37.5. The fraction of sp³-hybridized carbons (Fsp3) is 0.632. The lowest BCUT2D eigenvalue weighted by Crippen LogP contribution is -2.56. The third kappa shape index (κ3) is 1.88. The molecule has 3 heteroatoms. The first-order chi connectivity index (χ1) is 10.6. The van der Waals surface area contributed by atoms with Crippen molar-refractivity contribution in [3.63, 3.8) is 0 Å². The van der Waals surface area contributed by atoms with Crippen molar-refractivity contribution in [1.82, 2.24) is 0 Å². The molecule has 3 unspecified atom stereocenters. The molecule has 2 saturated carbocycles. The Balaban J connectivity index is 1.75. The molecule has 2 fully saturated rings. The fourth-order valence-electron chi connectivity index (χ4n) is 5.23. The second kappa shape index (κ2) is 4.82. The van der Waals surface area contributed by atoms with E-state index >= 15 is 0 Å². The molecule has 0 spiro atoms. The highest BCUT2D eigenvalue weighted by atomic mass is 16.3. The largest absolute Gasteiger partial charge is 0.508 e. The van der Waals surface area contributed by atoms with E-state index in [1.165, 1.54) is 11.1 Å². The Kier molecular flexibility index (Phi) is 3.12. The number of phenols is 1. The summed E-state index contributed by atoms with van der Waals surface area (Å²) < 4.78 is 0. The van der Waals surface area contributed by atoms with Crippen LogP contribution in [0.5, 0.6) is 5.75 Å². The van der Waals surface area contributed by atoms with E-state index in [2.05, 4.69) is 6.92 Å². The molecule has 4 rings (SSSR count). The van der Waals surface area contributed by atoms with Gasteiger partial charge < -0.3 is 10.2 Å². The number of hydrogen-bond donors (Lipinski definition) is 2. The molecule has 2 N–H and O–H groups in total. The molecule has 0 amide bonds. The van der Waals surface area contributed by atoms with Crippen LogP contribution < -0.4 is 0 Å². The summed E-state index contributed by atoms with van der Waals surface area (Å²) in [5.74, 6) is 1.27. The van der Waals surface area contributed by atoms with Gasteiger partial charge in [-0.25, -0.2) is 0 Å². The number of Topliss-reactive ketones (excluding diaryl/α,β-unsaturated/α-hetero) is 1. The molecule has 0 aliphatic heterocycles. The van der Waals surface area contributed by atoms with Gasteiger partial charge in [-0.05, 0) is 79.0 Å². The minimum Gasteiger partial charge on any atom is -0.508 e. The summed E-state index contributed by atoms with van der Waals surface area (Å²) in [5, 5.41) is 20.9. The first-order valence-electron chi connectivity index (χ1n) is 8.63. The smallest absolute Gasteiger partial charge is 0.165 e. The minimum absolute atomic E-state index is 0.0593. The van der Waals surface area contributed by atoms with E-state index in [9.17, 15) is 15.0 Å². The van der Waals surface area contributed by atoms with Gasteiger partial charge in [-0.2, -0.15) is 0 Å². The molecule has 1 aromatic rings. The zero-order valence-electron chi connectivity index (χ0n) is 13.1. The maximum atomic E-state index is 12.8. The van der Waals surface area contributed by atoms with Crippen molar-refractivity contribution < 1.29 is 15.0 Å². The van der Waals surface area contributed by atoms with Crippen molar-refractivity contribution in [3.05, 3.63) is 29.3 Å². The van der Waals surface area contributed by atoms with Crippen molar-refractivity contribution in [2.75, 3.05) is 0 Å². The van der Waals surface area contributed by atoms with Crippen LogP contribution in [0.4, 0.5) is 0 Å². The standard InChI is InChI=1S/C19H24O3/c1-2-17-15-7-3-11-9-13(20)6-8-14(11)16(15)10-18(21)19(17,22)12-4-5-12/h6,8-9,12,15-17,20,22H,2-5,7,10H2,1H3/t15-,16?,17?,19?/m1/s1. The van der Waals surface area contributed by atoms with Crippen LogP contribution in [0, 0.1) is 17.8 Å². The van der Waals surface area contributed by atoms with Crippen LogP contribution in [-0.4, -0.2) is 21.6 Å². The summed E-state index contributed by atoms with van der Waals surface area (Å²) in [7, 11) is 0. The molecule has 3 aliphatic carbocycles. The lowest BCUT2D eigenvalue weighted by Gasteiger charge is -2.50. The minimum atomic E-state index is -1.07. The van der Waals surface area contributed by atoms with E-state index in [4.69, 9.17) is 0 Å². The summed E-state index contributed by atoms with van der Waals surface area (Å²) in [5.41, 5.74) is 1.34. The van der Waals surface area contributed by atoms with E-state index in [0.717, 1.165) is 32.1 Å². The van der Waals surface area contributed by atoms with Crippen molar-refractivity contribution >= 4 is 5.78 Å². The predicted molar refractivity (Wildman–Crippen MR) is 83.7 cm³/mol. The molecule has 0 bridgehead atoms. The van der Waals surface area contributed by atoms with E-state index < -0.39 is 5.60 Å². The highest BCUT2D eigenvalue weighted by Crippen LogP contribution is 2.57. The van der Waals surface area contributed by atoms with Crippen molar-refractivity contribution in [2.24, 2.45) is 17.8 Å². The van der Waals surface area contributed by atoms with Crippen molar-refractivity contribution in [2.45, 2.75) is 57.0 Å². The molecule has 0 aromatic heterocycles. The van der Waals surface area contributed by atoms with Crippen LogP contribution in [0.2, 0.25) is 0 Å². The maximum absolute atomic E-state index is 12.8. The Morgan fingerprint density at radius 3 is 2.73 bits per heavy atom. The van der Waals surface area contributed by atoms with Gasteiger partial charge in [0.05, 0.1) is 0 Å². The van der Waals surface area contributed by atoms with Gasteiger partial charge in [0.1, 0.15) is 11.4 Å². The van der Waals surface area contributed by atoms with Crippen LogP contribution in [0.15, 0.2) is 18.2 Å². The number of fused-ring (bicyclic) bond motifs is 3. The topological polar surface area (TPSA) is 57.5 Å². The number of phenolic OH excluding ortho intramolecular Hbond substituents is 1. The van der Waals surface area contributed by atoms with Gasteiger partial charge in [0.25, 0.3) is 0 Å². The van der Waals surface area contributed by atoms with Crippen molar-refractivity contribution in [1.29, 1.82) is 0 Å². The average Bonchev–Trinajstić information content (AvgIpc) is 3.33. The Hall–Kier alpha value is -1.35. The monoisotopic (exact) mass is 300 g/mol. The fourth-order valence-corrected chi connectivity index (χ4v) is 5.23.